The van der Waals surface area contributed by atoms with Crippen LogP contribution < -0.4 is 4.90 Å². The average molecular weight is 393 g/mol. The molecule has 5 nitrogen and oxygen atoms in total. The van der Waals surface area contributed by atoms with Crippen LogP contribution in [0.5, 0.6) is 0 Å². The van der Waals surface area contributed by atoms with E-state index in [4.69, 9.17) is 11.6 Å². The predicted octanol–water partition coefficient (Wildman–Crippen LogP) is 3.33. The number of rotatable bonds is 5. The topological polar surface area (TPSA) is 57.7 Å². The zero-order chi connectivity index (χ0) is 18.9. The summed E-state index contributed by atoms with van der Waals surface area (Å²) in [5, 5.41) is 0.463. The molecule has 0 saturated heterocycles. The monoisotopic (exact) mass is 392 g/mol. The number of fused-ring (bicyclic) bond motifs is 1. The van der Waals surface area contributed by atoms with Gasteiger partial charge in [-0.15, -0.1) is 0 Å². The Morgan fingerprint density at radius 2 is 1.85 bits per heavy atom. The lowest BCUT2D eigenvalue weighted by Gasteiger charge is -2.27. The van der Waals surface area contributed by atoms with E-state index in [9.17, 15) is 13.2 Å². The van der Waals surface area contributed by atoms with E-state index in [0.717, 1.165) is 17.7 Å². The second-order valence-corrected chi connectivity index (χ2v) is 8.71. The van der Waals surface area contributed by atoms with Gasteiger partial charge in [0, 0.05) is 23.3 Å². The third-order valence-electron chi connectivity index (χ3n) is 4.59. The lowest BCUT2D eigenvalue weighted by molar-refractivity contribution is -0.119. The maximum atomic E-state index is 12.9. The SMILES string of the molecule is CCN(CC(=O)N1c2ccccc2C[C@H]1C)S(=O)(=O)c1ccc(Cl)cc1. The largest absolute Gasteiger partial charge is 0.308 e. The summed E-state index contributed by atoms with van der Waals surface area (Å²) >= 11 is 5.84. The molecule has 3 rings (SSSR count). The Kier molecular flexibility index (Phi) is 5.37. The number of nitrogens with zero attached hydrogens (tertiary/aromatic N) is 2. The fourth-order valence-electron chi connectivity index (χ4n) is 3.30. The molecule has 0 N–H and O–H groups in total. The fraction of sp³-hybridized carbons (Fsp3) is 0.316. The van der Waals surface area contributed by atoms with Crippen LogP contribution in [0.1, 0.15) is 19.4 Å². The normalized spacial score (nSPS) is 16.8. The smallest absolute Gasteiger partial charge is 0.243 e. The first-order chi connectivity index (χ1) is 12.3. The van der Waals surface area contributed by atoms with E-state index in [1.807, 2.05) is 31.2 Å². The molecule has 1 amide bonds. The van der Waals surface area contributed by atoms with Crippen molar-refractivity contribution in [1.29, 1.82) is 0 Å². The summed E-state index contributed by atoms with van der Waals surface area (Å²) in [6.07, 6.45) is 0.776. The first kappa shape index (κ1) is 18.9. The molecular formula is C19H21ClN2O3S. The van der Waals surface area contributed by atoms with Crippen LogP contribution >= 0.6 is 11.6 Å². The molecule has 0 aliphatic carbocycles. The molecule has 0 spiro atoms. The Hall–Kier alpha value is -1.89. The van der Waals surface area contributed by atoms with Crippen molar-refractivity contribution in [3.63, 3.8) is 0 Å². The summed E-state index contributed by atoms with van der Waals surface area (Å²) in [4.78, 5) is 14.8. The number of para-hydroxylation sites is 1. The standard InChI is InChI=1S/C19H21ClN2O3S/c1-3-21(26(24,25)17-10-8-16(20)9-11-17)13-19(23)22-14(2)12-15-6-4-5-7-18(15)22/h4-11,14H,3,12-13H2,1-2H3/t14-/m1/s1. The Labute approximate surface area is 159 Å². The van der Waals surface area contributed by atoms with Crippen LogP contribution in [0, 0.1) is 0 Å². The number of halogens is 1. The zero-order valence-corrected chi connectivity index (χ0v) is 16.3. The Balaban J connectivity index is 1.84. The van der Waals surface area contributed by atoms with Gasteiger partial charge in [0.15, 0.2) is 0 Å². The van der Waals surface area contributed by atoms with Crippen molar-refractivity contribution in [2.75, 3.05) is 18.0 Å². The van der Waals surface area contributed by atoms with Crippen molar-refractivity contribution >= 4 is 33.2 Å². The minimum absolute atomic E-state index is 0.0110. The van der Waals surface area contributed by atoms with Gasteiger partial charge in [-0.3, -0.25) is 4.79 Å². The van der Waals surface area contributed by atoms with Crippen LogP contribution in [-0.4, -0.2) is 37.8 Å². The Morgan fingerprint density at radius 1 is 1.19 bits per heavy atom. The highest BCUT2D eigenvalue weighted by Crippen LogP contribution is 2.32. The minimum atomic E-state index is -3.76. The van der Waals surface area contributed by atoms with Crippen LogP contribution in [0.3, 0.4) is 0 Å². The lowest BCUT2D eigenvalue weighted by atomic mass is 10.1. The molecule has 1 aliphatic rings. The van der Waals surface area contributed by atoms with E-state index < -0.39 is 10.0 Å². The van der Waals surface area contributed by atoms with Crippen LogP contribution in [0.15, 0.2) is 53.4 Å². The quantitative estimate of drug-likeness (QED) is 0.784. The van der Waals surface area contributed by atoms with Crippen LogP contribution in [0.2, 0.25) is 5.02 Å². The van der Waals surface area contributed by atoms with Crippen LogP contribution in [-0.2, 0) is 21.2 Å². The van der Waals surface area contributed by atoms with E-state index in [1.54, 1.807) is 11.8 Å². The van der Waals surface area contributed by atoms with Crippen molar-refractivity contribution in [2.24, 2.45) is 0 Å². The van der Waals surface area contributed by atoms with E-state index in [2.05, 4.69) is 0 Å². The summed E-state index contributed by atoms with van der Waals surface area (Å²) in [6, 6.07) is 13.7. The van der Waals surface area contributed by atoms with Gasteiger partial charge >= 0.3 is 0 Å². The lowest BCUT2D eigenvalue weighted by Crippen LogP contribution is -2.45. The minimum Gasteiger partial charge on any atom is -0.308 e. The molecule has 1 aliphatic heterocycles. The van der Waals surface area contributed by atoms with Gasteiger partial charge in [0.25, 0.3) is 0 Å². The van der Waals surface area contributed by atoms with Crippen molar-refractivity contribution in [2.45, 2.75) is 31.2 Å². The van der Waals surface area contributed by atoms with Gasteiger partial charge in [-0.2, -0.15) is 4.31 Å². The van der Waals surface area contributed by atoms with Crippen molar-refractivity contribution in [1.82, 2.24) is 4.31 Å². The number of hydrogen-bond acceptors (Lipinski definition) is 3. The van der Waals surface area contributed by atoms with Gasteiger partial charge in [-0.25, -0.2) is 8.42 Å². The molecule has 7 heteroatoms. The molecule has 26 heavy (non-hydrogen) atoms. The maximum Gasteiger partial charge on any atom is 0.243 e. The summed E-state index contributed by atoms with van der Waals surface area (Å²) in [7, 11) is -3.76. The number of carbonyl (C=O) groups excluding carboxylic acids is 1. The van der Waals surface area contributed by atoms with Gasteiger partial charge in [0.1, 0.15) is 0 Å². The summed E-state index contributed by atoms with van der Waals surface area (Å²) in [5.74, 6) is -0.221. The van der Waals surface area contributed by atoms with E-state index in [0.29, 0.717) is 5.02 Å². The predicted molar refractivity (Wildman–Crippen MR) is 103 cm³/mol. The van der Waals surface area contributed by atoms with E-state index in [-0.39, 0.29) is 29.9 Å². The molecule has 0 saturated carbocycles. The van der Waals surface area contributed by atoms with Gasteiger partial charge in [-0.05, 0) is 49.2 Å². The van der Waals surface area contributed by atoms with E-state index >= 15 is 0 Å². The number of carbonyl (C=O) groups is 1. The first-order valence-electron chi connectivity index (χ1n) is 8.50. The molecule has 0 unspecified atom stereocenters. The molecular weight excluding hydrogens is 372 g/mol. The van der Waals surface area contributed by atoms with Gasteiger partial charge < -0.3 is 4.90 Å². The van der Waals surface area contributed by atoms with Gasteiger partial charge in [0.2, 0.25) is 15.9 Å². The molecule has 0 fully saturated rings. The first-order valence-corrected chi connectivity index (χ1v) is 10.3. The molecule has 0 radical (unpaired) electrons. The van der Waals surface area contributed by atoms with E-state index in [1.165, 1.54) is 28.6 Å². The molecule has 0 aromatic heterocycles. The second kappa shape index (κ2) is 7.39. The van der Waals surface area contributed by atoms with Crippen molar-refractivity contribution in [3.05, 3.63) is 59.1 Å². The van der Waals surface area contributed by atoms with Gasteiger partial charge in [0.05, 0.1) is 11.4 Å². The summed E-state index contributed by atoms with van der Waals surface area (Å²) in [6.45, 7) is 3.71. The molecule has 2 aromatic rings. The number of likely N-dealkylation sites (N-methyl/N-ethyl adjacent to an activating group) is 1. The molecule has 1 atom stereocenters. The Morgan fingerprint density at radius 3 is 2.50 bits per heavy atom. The Bertz CT molecular complexity index is 913. The number of amides is 1. The molecule has 1 heterocycles. The average Bonchev–Trinajstić information content (AvgIpc) is 2.95. The number of sulfonamides is 1. The third-order valence-corrected chi connectivity index (χ3v) is 6.78. The summed E-state index contributed by atoms with van der Waals surface area (Å²) < 4.78 is 26.9. The highest BCUT2D eigenvalue weighted by molar-refractivity contribution is 7.89. The highest BCUT2D eigenvalue weighted by Gasteiger charge is 2.33. The number of anilines is 1. The zero-order valence-electron chi connectivity index (χ0n) is 14.7. The number of benzene rings is 2. The fourth-order valence-corrected chi connectivity index (χ4v) is 4.82. The third kappa shape index (κ3) is 3.49. The highest BCUT2D eigenvalue weighted by atomic mass is 35.5. The van der Waals surface area contributed by atoms with Crippen molar-refractivity contribution in [3.8, 4) is 0 Å². The molecule has 138 valence electrons. The second-order valence-electron chi connectivity index (χ2n) is 6.33. The molecule has 0 bridgehead atoms. The van der Waals surface area contributed by atoms with Gasteiger partial charge in [-0.1, -0.05) is 36.7 Å². The maximum absolute atomic E-state index is 12.9. The number of hydrogen-bond donors (Lipinski definition) is 0. The summed E-state index contributed by atoms with van der Waals surface area (Å²) in [5.41, 5.74) is 1.97. The molecule has 2 aromatic carbocycles. The van der Waals surface area contributed by atoms with Crippen LogP contribution in [0.4, 0.5) is 5.69 Å². The van der Waals surface area contributed by atoms with Crippen molar-refractivity contribution < 1.29 is 13.2 Å². The van der Waals surface area contributed by atoms with Crippen LogP contribution in [0.25, 0.3) is 0 Å².